The Labute approximate surface area is 55.5 Å². The highest BCUT2D eigenvalue weighted by molar-refractivity contribution is 4.76. The van der Waals surface area contributed by atoms with Crippen molar-refractivity contribution in [2.24, 2.45) is 5.92 Å². The predicted molar refractivity (Wildman–Crippen MR) is 35.1 cm³/mol. The molecule has 1 unspecified atom stereocenters. The van der Waals surface area contributed by atoms with Gasteiger partial charge in [0.1, 0.15) is 0 Å². The van der Waals surface area contributed by atoms with Crippen molar-refractivity contribution in [3.63, 3.8) is 0 Å². The Bertz CT molecular complexity index is 79.0. The first-order chi connectivity index (χ1) is 4.34. The summed E-state index contributed by atoms with van der Waals surface area (Å²) in [5.74, 6) is 0.497. The highest BCUT2D eigenvalue weighted by atomic mass is 16.3. The minimum absolute atomic E-state index is 0.123. The summed E-state index contributed by atoms with van der Waals surface area (Å²) in [6, 6.07) is 0. The SMILES string of the molecule is OCCC(O)C1CCC1. The third-order valence-corrected chi connectivity index (χ3v) is 2.12. The first-order valence-corrected chi connectivity index (χ1v) is 3.63. The van der Waals surface area contributed by atoms with Gasteiger partial charge in [0.25, 0.3) is 0 Å². The molecule has 54 valence electrons. The van der Waals surface area contributed by atoms with E-state index in [1.807, 2.05) is 0 Å². The molecule has 0 amide bonds. The molecular weight excluding hydrogens is 116 g/mol. The van der Waals surface area contributed by atoms with Crippen LogP contribution in [-0.2, 0) is 0 Å². The van der Waals surface area contributed by atoms with E-state index in [1.165, 1.54) is 6.42 Å². The summed E-state index contributed by atoms with van der Waals surface area (Å²) < 4.78 is 0. The van der Waals surface area contributed by atoms with E-state index in [4.69, 9.17) is 5.11 Å². The zero-order valence-electron chi connectivity index (χ0n) is 5.58. The topological polar surface area (TPSA) is 40.5 Å². The van der Waals surface area contributed by atoms with Gasteiger partial charge >= 0.3 is 0 Å². The van der Waals surface area contributed by atoms with Crippen LogP contribution in [0.15, 0.2) is 0 Å². The largest absolute Gasteiger partial charge is 0.396 e. The predicted octanol–water partition coefficient (Wildman–Crippen LogP) is 0.530. The van der Waals surface area contributed by atoms with Crippen LogP contribution in [-0.4, -0.2) is 22.9 Å². The van der Waals surface area contributed by atoms with E-state index in [0.29, 0.717) is 12.3 Å². The standard InChI is InChI=1S/C7H14O2/c8-5-4-7(9)6-2-1-3-6/h6-9H,1-5H2. The summed E-state index contributed by atoms with van der Waals surface area (Å²) in [6.45, 7) is 0.123. The van der Waals surface area contributed by atoms with Crippen LogP contribution in [0.25, 0.3) is 0 Å². The maximum Gasteiger partial charge on any atom is 0.0590 e. The fraction of sp³-hybridized carbons (Fsp3) is 1.00. The zero-order chi connectivity index (χ0) is 6.69. The van der Waals surface area contributed by atoms with Crippen LogP contribution < -0.4 is 0 Å². The first kappa shape index (κ1) is 7.03. The Hall–Kier alpha value is -0.0800. The van der Waals surface area contributed by atoms with Crippen LogP contribution in [0, 0.1) is 5.92 Å². The highest BCUT2D eigenvalue weighted by Crippen LogP contribution is 2.30. The van der Waals surface area contributed by atoms with Crippen molar-refractivity contribution in [1.29, 1.82) is 0 Å². The van der Waals surface area contributed by atoms with Gasteiger partial charge in [-0.1, -0.05) is 6.42 Å². The molecule has 2 N–H and O–H groups in total. The molecule has 1 atom stereocenters. The number of aliphatic hydroxyl groups excluding tert-OH is 2. The minimum Gasteiger partial charge on any atom is -0.396 e. The second kappa shape index (κ2) is 3.18. The van der Waals surface area contributed by atoms with E-state index in [1.54, 1.807) is 0 Å². The molecule has 9 heavy (non-hydrogen) atoms. The molecule has 0 heterocycles. The molecule has 1 fully saturated rings. The number of hydrogen-bond donors (Lipinski definition) is 2. The maximum absolute atomic E-state index is 9.21. The molecule has 1 rings (SSSR count). The molecular formula is C7H14O2. The lowest BCUT2D eigenvalue weighted by atomic mass is 9.80. The maximum atomic E-state index is 9.21. The molecule has 1 aliphatic rings. The molecule has 0 bridgehead atoms. The zero-order valence-corrected chi connectivity index (χ0v) is 5.58. The minimum atomic E-state index is -0.233. The van der Waals surface area contributed by atoms with Crippen LogP contribution in [0.1, 0.15) is 25.7 Å². The third kappa shape index (κ3) is 1.66. The molecule has 0 radical (unpaired) electrons. The molecule has 0 spiro atoms. The normalized spacial score (nSPS) is 23.3. The van der Waals surface area contributed by atoms with Crippen molar-refractivity contribution >= 4 is 0 Å². The van der Waals surface area contributed by atoms with Crippen molar-refractivity contribution in [1.82, 2.24) is 0 Å². The summed E-state index contributed by atoms with van der Waals surface area (Å²) in [4.78, 5) is 0. The lowest BCUT2D eigenvalue weighted by Gasteiger charge is -2.29. The van der Waals surface area contributed by atoms with E-state index >= 15 is 0 Å². The van der Waals surface area contributed by atoms with Gasteiger partial charge in [-0.3, -0.25) is 0 Å². The summed E-state index contributed by atoms with van der Waals surface area (Å²) in [5, 5.41) is 17.7. The molecule has 0 aromatic rings. The van der Waals surface area contributed by atoms with E-state index in [-0.39, 0.29) is 12.7 Å². The molecule has 2 heteroatoms. The highest BCUT2D eigenvalue weighted by Gasteiger charge is 2.24. The fourth-order valence-electron chi connectivity index (χ4n) is 1.19. The van der Waals surface area contributed by atoms with E-state index in [9.17, 15) is 5.11 Å². The quantitative estimate of drug-likeness (QED) is 0.585. The van der Waals surface area contributed by atoms with E-state index in [2.05, 4.69) is 0 Å². The summed E-state index contributed by atoms with van der Waals surface area (Å²) in [7, 11) is 0. The van der Waals surface area contributed by atoms with E-state index in [0.717, 1.165) is 12.8 Å². The second-order valence-electron chi connectivity index (χ2n) is 2.77. The number of hydrogen-bond acceptors (Lipinski definition) is 2. The van der Waals surface area contributed by atoms with Gasteiger partial charge in [-0.2, -0.15) is 0 Å². The summed E-state index contributed by atoms with van der Waals surface area (Å²) in [5.41, 5.74) is 0. The van der Waals surface area contributed by atoms with Gasteiger partial charge in [-0.25, -0.2) is 0 Å². The molecule has 0 aromatic heterocycles. The van der Waals surface area contributed by atoms with Crippen molar-refractivity contribution in [2.45, 2.75) is 31.8 Å². The second-order valence-corrected chi connectivity index (χ2v) is 2.77. The van der Waals surface area contributed by atoms with Crippen LogP contribution in [0.5, 0.6) is 0 Å². The van der Waals surface area contributed by atoms with Gasteiger partial charge in [0.15, 0.2) is 0 Å². The summed E-state index contributed by atoms with van der Waals surface area (Å²) in [6.07, 6.45) is 3.89. The Balaban J connectivity index is 2.08. The molecule has 1 saturated carbocycles. The monoisotopic (exact) mass is 130 g/mol. The van der Waals surface area contributed by atoms with Crippen LogP contribution in [0.3, 0.4) is 0 Å². The van der Waals surface area contributed by atoms with Gasteiger partial charge in [-0.15, -0.1) is 0 Å². The third-order valence-electron chi connectivity index (χ3n) is 2.12. The average Bonchev–Trinajstić information content (AvgIpc) is 1.60. The Kier molecular flexibility index (Phi) is 2.49. The smallest absolute Gasteiger partial charge is 0.0590 e. The Morgan fingerprint density at radius 1 is 1.44 bits per heavy atom. The van der Waals surface area contributed by atoms with Crippen LogP contribution in [0.4, 0.5) is 0 Å². The van der Waals surface area contributed by atoms with Gasteiger partial charge in [0.05, 0.1) is 6.10 Å². The van der Waals surface area contributed by atoms with Gasteiger partial charge < -0.3 is 10.2 Å². The lowest BCUT2D eigenvalue weighted by Crippen LogP contribution is -2.27. The first-order valence-electron chi connectivity index (χ1n) is 3.63. The molecule has 0 aromatic carbocycles. The van der Waals surface area contributed by atoms with Gasteiger partial charge in [-0.05, 0) is 25.2 Å². The Morgan fingerprint density at radius 3 is 2.44 bits per heavy atom. The molecule has 1 aliphatic carbocycles. The number of rotatable bonds is 3. The molecule has 0 saturated heterocycles. The van der Waals surface area contributed by atoms with Crippen molar-refractivity contribution < 1.29 is 10.2 Å². The van der Waals surface area contributed by atoms with E-state index < -0.39 is 0 Å². The van der Waals surface area contributed by atoms with Crippen LogP contribution in [0.2, 0.25) is 0 Å². The van der Waals surface area contributed by atoms with Crippen LogP contribution >= 0.6 is 0 Å². The van der Waals surface area contributed by atoms with Crippen molar-refractivity contribution in [3.8, 4) is 0 Å². The van der Waals surface area contributed by atoms with Crippen molar-refractivity contribution in [3.05, 3.63) is 0 Å². The molecule has 0 aliphatic heterocycles. The van der Waals surface area contributed by atoms with Crippen molar-refractivity contribution in [2.75, 3.05) is 6.61 Å². The fourth-order valence-corrected chi connectivity index (χ4v) is 1.19. The van der Waals surface area contributed by atoms with Gasteiger partial charge in [0, 0.05) is 6.61 Å². The summed E-state index contributed by atoms with van der Waals surface area (Å²) >= 11 is 0. The Morgan fingerprint density at radius 2 is 2.11 bits per heavy atom. The molecule has 2 nitrogen and oxygen atoms in total. The average molecular weight is 130 g/mol. The number of aliphatic hydroxyl groups is 2. The van der Waals surface area contributed by atoms with Gasteiger partial charge in [0.2, 0.25) is 0 Å². The lowest BCUT2D eigenvalue weighted by molar-refractivity contribution is 0.0418.